The van der Waals surface area contributed by atoms with Crippen LogP contribution in [-0.4, -0.2) is 37.9 Å². The second kappa shape index (κ2) is 7.95. The number of thiophene rings is 1. The van der Waals surface area contributed by atoms with Crippen LogP contribution in [0.15, 0.2) is 47.4 Å². The lowest BCUT2D eigenvalue weighted by Gasteiger charge is -2.31. The minimum absolute atomic E-state index is 0.250. The number of amides is 1. The van der Waals surface area contributed by atoms with Crippen LogP contribution in [0, 0.1) is 5.92 Å². The number of ether oxygens (including phenoxy) is 1. The fourth-order valence-corrected chi connectivity index (χ4v) is 4.80. The van der Waals surface area contributed by atoms with E-state index in [1.54, 1.807) is 23.7 Å². The number of hydrogen-bond acceptors (Lipinski definition) is 5. The Labute approximate surface area is 178 Å². The minimum Gasteiger partial charge on any atom is -0.490 e. The average molecular weight is 425 g/mol. The van der Waals surface area contributed by atoms with Crippen LogP contribution in [0.1, 0.15) is 27.2 Å². The van der Waals surface area contributed by atoms with Crippen LogP contribution >= 0.6 is 11.3 Å². The summed E-state index contributed by atoms with van der Waals surface area (Å²) in [4.78, 5) is 15.6. The first kappa shape index (κ1) is 20.2. The van der Waals surface area contributed by atoms with Crippen molar-refractivity contribution >= 4 is 33.8 Å². The molecule has 1 amide bonds. The number of carboxylic acid groups (broad SMARTS) is 1. The maximum atomic E-state index is 11.3. The van der Waals surface area contributed by atoms with E-state index in [0.717, 1.165) is 33.4 Å². The zero-order chi connectivity index (χ0) is 21.3. The largest absolute Gasteiger partial charge is 0.490 e. The summed E-state index contributed by atoms with van der Waals surface area (Å²) in [5.74, 6) is 1.07. The molecular weight excluding hydrogens is 400 g/mol. The normalized spacial score (nSPS) is 13.6. The molecule has 1 atom stereocenters. The van der Waals surface area contributed by atoms with E-state index in [2.05, 4.69) is 40.0 Å². The Bertz CT molecular complexity index is 1200. The van der Waals surface area contributed by atoms with Crippen molar-refractivity contribution in [2.24, 2.45) is 5.92 Å². The number of rotatable bonds is 7. The molecule has 0 aliphatic rings. The van der Waals surface area contributed by atoms with Gasteiger partial charge in [-0.15, -0.1) is 0 Å². The lowest BCUT2D eigenvalue weighted by molar-refractivity contribution is 0.144. The average Bonchev–Trinajstić information content (AvgIpc) is 3.34. The smallest absolute Gasteiger partial charge is 0.405 e. The number of benzene rings is 1. The van der Waals surface area contributed by atoms with Gasteiger partial charge in [0, 0.05) is 34.0 Å². The highest BCUT2D eigenvalue weighted by Crippen LogP contribution is 2.37. The third-order valence-electron chi connectivity index (χ3n) is 5.00. The Hall–Kier alpha value is -3.13. The molecule has 8 heteroatoms. The summed E-state index contributed by atoms with van der Waals surface area (Å²) >= 11 is 1.60. The zero-order valence-corrected chi connectivity index (χ0v) is 17.9. The number of nitrogens with one attached hydrogen (secondary N) is 1. The van der Waals surface area contributed by atoms with Gasteiger partial charge in [0.05, 0.1) is 17.4 Å². The van der Waals surface area contributed by atoms with Gasteiger partial charge in [-0.3, -0.25) is 0 Å². The fraction of sp³-hybridized carbons (Fsp3) is 0.318. The molecule has 0 aliphatic carbocycles. The third kappa shape index (κ3) is 3.95. The maximum Gasteiger partial charge on any atom is 0.405 e. The van der Waals surface area contributed by atoms with Gasteiger partial charge in [0.2, 0.25) is 0 Å². The SMILES string of the molecule is CC(C)CC(C)(COc1ccc(-c2ccnc3ccnn23)c2cscc12)NC(=O)O. The Kier molecular flexibility index (Phi) is 5.34. The van der Waals surface area contributed by atoms with Crippen LogP contribution < -0.4 is 10.1 Å². The molecule has 0 saturated carbocycles. The van der Waals surface area contributed by atoms with E-state index in [1.165, 1.54) is 0 Å². The van der Waals surface area contributed by atoms with Crippen LogP contribution in [0.4, 0.5) is 4.79 Å². The highest BCUT2D eigenvalue weighted by Gasteiger charge is 2.29. The van der Waals surface area contributed by atoms with E-state index in [0.29, 0.717) is 12.3 Å². The maximum absolute atomic E-state index is 11.3. The topological polar surface area (TPSA) is 88.8 Å². The van der Waals surface area contributed by atoms with Gasteiger partial charge in [-0.2, -0.15) is 16.4 Å². The number of nitrogens with zero attached hydrogens (tertiary/aromatic N) is 3. The van der Waals surface area contributed by atoms with Gasteiger partial charge in [-0.1, -0.05) is 13.8 Å². The predicted octanol–water partition coefficient (Wildman–Crippen LogP) is 5.06. The van der Waals surface area contributed by atoms with Crippen molar-refractivity contribution < 1.29 is 14.6 Å². The molecule has 30 heavy (non-hydrogen) atoms. The Balaban J connectivity index is 1.67. The Morgan fingerprint density at radius 3 is 2.80 bits per heavy atom. The summed E-state index contributed by atoms with van der Waals surface area (Å²) in [5.41, 5.74) is 2.12. The molecule has 0 spiro atoms. The summed E-state index contributed by atoms with van der Waals surface area (Å²) in [6, 6.07) is 7.78. The number of aromatic nitrogens is 3. The molecule has 0 radical (unpaired) electrons. The molecule has 3 aromatic heterocycles. The van der Waals surface area contributed by atoms with Gasteiger partial charge in [-0.05, 0) is 42.8 Å². The molecule has 7 nitrogen and oxygen atoms in total. The highest BCUT2D eigenvalue weighted by molar-refractivity contribution is 7.09. The van der Waals surface area contributed by atoms with Gasteiger partial charge >= 0.3 is 6.09 Å². The molecule has 1 unspecified atom stereocenters. The van der Waals surface area contributed by atoms with E-state index in [9.17, 15) is 9.90 Å². The monoisotopic (exact) mass is 424 g/mol. The van der Waals surface area contributed by atoms with Gasteiger partial charge in [0.1, 0.15) is 12.4 Å². The van der Waals surface area contributed by atoms with Crippen molar-refractivity contribution in [3.05, 3.63) is 47.4 Å². The molecule has 2 N–H and O–H groups in total. The molecule has 3 heterocycles. The van der Waals surface area contributed by atoms with Crippen molar-refractivity contribution in [2.45, 2.75) is 32.7 Å². The van der Waals surface area contributed by atoms with Crippen molar-refractivity contribution in [1.82, 2.24) is 19.9 Å². The number of carbonyl (C=O) groups is 1. The van der Waals surface area contributed by atoms with Crippen molar-refractivity contribution in [3.63, 3.8) is 0 Å². The molecule has 4 rings (SSSR count). The fourth-order valence-electron chi connectivity index (χ4n) is 3.96. The van der Waals surface area contributed by atoms with Crippen LogP contribution in [0.25, 0.3) is 27.7 Å². The first-order valence-electron chi connectivity index (χ1n) is 9.78. The summed E-state index contributed by atoms with van der Waals surface area (Å²) in [5, 5.41) is 22.5. The minimum atomic E-state index is -1.04. The summed E-state index contributed by atoms with van der Waals surface area (Å²) in [6.45, 7) is 6.27. The quantitative estimate of drug-likeness (QED) is 0.433. The lowest BCUT2D eigenvalue weighted by atomic mass is 9.91. The van der Waals surface area contributed by atoms with Crippen LogP contribution in [0.5, 0.6) is 5.75 Å². The van der Waals surface area contributed by atoms with E-state index >= 15 is 0 Å². The second-order valence-corrected chi connectivity index (χ2v) is 8.86. The van der Waals surface area contributed by atoms with Gasteiger partial charge in [0.25, 0.3) is 0 Å². The lowest BCUT2D eigenvalue weighted by Crippen LogP contribution is -2.50. The molecule has 0 fully saturated rings. The van der Waals surface area contributed by atoms with Crippen molar-refractivity contribution in [3.8, 4) is 17.0 Å². The first-order chi connectivity index (χ1) is 14.4. The molecular formula is C22H24N4O3S. The number of hydrogen-bond donors (Lipinski definition) is 2. The Morgan fingerprint density at radius 2 is 2.03 bits per heavy atom. The van der Waals surface area contributed by atoms with E-state index in [-0.39, 0.29) is 6.61 Å². The summed E-state index contributed by atoms with van der Waals surface area (Å²) in [6.07, 6.45) is 3.15. The molecule has 156 valence electrons. The van der Waals surface area contributed by atoms with Crippen molar-refractivity contribution in [1.29, 1.82) is 0 Å². The summed E-state index contributed by atoms with van der Waals surface area (Å²) in [7, 11) is 0. The molecule has 1 aromatic carbocycles. The van der Waals surface area contributed by atoms with Crippen LogP contribution in [0.3, 0.4) is 0 Å². The highest BCUT2D eigenvalue weighted by atomic mass is 32.1. The van der Waals surface area contributed by atoms with Crippen molar-refractivity contribution in [2.75, 3.05) is 6.61 Å². The first-order valence-corrected chi connectivity index (χ1v) is 10.7. The third-order valence-corrected chi connectivity index (χ3v) is 5.74. The van der Waals surface area contributed by atoms with Crippen LogP contribution in [-0.2, 0) is 0 Å². The zero-order valence-electron chi connectivity index (χ0n) is 17.1. The predicted molar refractivity (Wildman–Crippen MR) is 118 cm³/mol. The summed E-state index contributed by atoms with van der Waals surface area (Å²) < 4.78 is 7.98. The van der Waals surface area contributed by atoms with Gasteiger partial charge < -0.3 is 15.2 Å². The van der Waals surface area contributed by atoms with Crippen LogP contribution in [0.2, 0.25) is 0 Å². The van der Waals surface area contributed by atoms with E-state index < -0.39 is 11.6 Å². The van der Waals surface area contributed by atoms with E-state index in [4.69, 9.17) is 4.74 Å². The molecule has 0 aliphatic heterocycles. The second-order valence-electron chi connectivity index (χ2n) is 8.12. The van der Waals surface area contributed by atoms with Gasteiger partial charge in [0.15, 0.2) is 5.65 Å². The van der Waals surface area contributed by atoms with Gasteiger partial charge in [-0.25, -0.2) is 14.3 Å². The molecule has 0 saturated heterocycles. The molecule has 0 bridgehead atoms. The Morgan fingerprint density at radius 1 is 1.23 bits per heavy atom. The molecule has 4 aromatic rings. The standard InChI is InChI=1S/C22H24N4O3S/c1-14(2)10-22(3,25-21(27)28)13-29-19-5-4-15(16-11-30-12-17(16)19)18-6-8-23-20-7-9-24-26(18)20/h4-9,11-12,14,25H,10,13H2,1-3H3,(H,27,28). The van der Waals surface area contributed by atoms with E-state index in [1.807, 2.05) is 35.7 Å². The number of fused-ring (bicyclic) bond motifs is 2.